The standard InChI is InChI=1S/C11H11Cl2NO3/c1-6(11(16)17)14-10(15)4-7-2-8(12)5-9(13)3-7/h2-3,5-6H,4H2,1H3,(H,14,15)(H,16,17)/t6-/m0/s1. The zero-order valence-corrected chi connectivity index (χ0v) is 10.5. The number of hydrogen-bond donors (Lipinski definition) is 2. The number of benzene rings is 1. The molecule has 6 heteroatoms. The van der Waals surface area contributed by atoms with Crippen LogP contribution in [0, 0.1) is 0 Å². The largest absolute Gasteiger partial charge is 0.480 e. The van der Waals surface area contributed by atoms with Gasteiger partial charge < -0.3 is 10.4 Å². The van der Waals surface area contributed by atoms with Crippen LogP contribution in [0.15, 0.2) is 18.2 Å². The van der Waals surface area contributed by atoms with E-state index in [1.165, 1.54) is 6.92 Å². The van der Waals surface area contributed by atoms with Gasteiger partial charge in [-0.05, 0) is 30.7 Å². The summed E-state index contributed by atoms with van der Waals surface area (Å²) in [6, 6.07) is 3.86. The first-order valence-electron chi connectivity index (χ1n) is 4.85. The van der Waals surface area contributed by atoms with E-state index in [4.69, 9.17) is 28.3 Å². The number of carboxylic acids is 1. The minimum Gasteiger partial charge on any atom is -0.480 e. The molecule has 0 aliphatic carbocycles. The van der Waals surface area contributed by atoms with Crippen LogP contribution in [-0.2, 0) is 16.0 Å². The van der Waals surface area contributed by atoms with Gasteiger partial charge in [0.15, 0.2) is 0 Å². The molecule has 17 heavy (non-hydrogen) atoms. The van der Waals surface area contributed by atoms with E-state index in [-0.39, 0.29) is 6.42 Å². The summed E-state index contributed by atoms with van der Waals surface area (Å²) in [5.41, 5.74) is 0.637. The molecule has 1 aromatic rings. The first-order valence-corrected chi connectivity index (χ1v) is 5.61. The number of hydrogen-bond acceptors (Lipinski definition) is 2. The van der Waals surface area contributed by atoms with Crippen molar-refractivity contribution in [2.75, 3.05) is 0 Å². The zero-order valence-electron chi connectivity index (χ0n) is 9.04. The average Bonchev–Trinajstić information content (AvgIpc) is 2.14. The van der Waals surface area contributed by atoms with Gasteiger partial charge in [0, 0.05) is 10.0 Å². The van der Waals surface area contributed by atoms with E-state index < -0.39 is 17.9 Å². The quantitative estimate of drug-likeness (QED) is 0.885. The Kier molecular flexibility index (Phi) is 4.78. The highest BCUT2D eigenvalue weighted by molar-refractivity contribution is 6.34. The number of carbonyl (C=O) groups is 2. The molecule has 0 saturated carbocycles. The van der Waals surface area contributed by atoms with Crippen LogP contribution in [0.5, 0.6) is 0 Å². The Balaban J connectivity index is 2.65. The van der Waals surface area contributed by atoms with Crippen molar-refractivity contribution >= 4 is 35.1 Å². The fourth-order valence-electron chi connectivity index (χ4n) is 1.25. The second-order valence-electron chi connectivity index (χ2n) is 3.58. The van der Waals surface area contributed by atoms with Gasteiger partial charge in [0.2, 0.25) is 5.91 Å². The van der Waals surface area contributed by atoms with E-state index in [1.54, 1.807) is 18.2 Å². The molecule has 1 amide bonds. The first kappa shape index (κ1) is 13.8. The molecule has 2 N–H and O–H groups in total. The Morgan fingerprint density at radius 2 is 1.82 bits per heavy atom. The molecule has 0 fully saturated rings. The number of nitrogens with one attached hydrogen (secondary N) is 1. The van der Waals surface area contributed by atoms with E-state index in [0.717, 1.165) is 0 Å². The lowest BCUT2D eigenvalue weighted by molar-refractivity contribution is -0.141. The molecule has 0 aromatic heterocycles. The number of halogens is 2. The third-order valence-corrected chi connectivity index (χ3v) is 2.47. The number of aliphatic carboxylic acids is 1. The van der Waals surface area contributed by atoms with Gasteiger partial charge in [-0.2, -0.15) is 0 Å². The number of amides is 1. The predicted octanol–water partition coefficient (Wildman–Crippen LogP) is 2.13. The highest BCUT2D eigenvalue weighted by Gasteiger charge is 2.14. The highest BCUT2D eigenvalue weighted by Crippen LogP contribution is 2.19. The summed E-state index contributed by atoms with van der Waals surface area (Å²) in [6.45, 7) is 1.39. The van der Waals surface area contributed by atoms with Crippen molar-refractivity contribution in [2.24, 2.45) is 0 Å². The predicted molar refractivity (Wildman–Crippen MR) is 65.4 cm³/mol. The maximum Gasteiger partial charge on any atom is 0.325 e. The van der Waals surface area contributed by atoms with Gasteiger partial charge in [0.25, 0.3) is 0 Å². The summed E-state index contributed by atoms with van der Waals surface area (Å²) in [7, 11) is 0. The van der Waals surface area contributed by atoms with E-state index in [9.17, 15) is 9.59 Å². The van der Waals surface area contributed by atoms with Crippen LogP contribution in [-0.4, -0.2) is 23.0 Å². The van der Waals surface area contributed by atoms with Gasteiger partial charge in [-0.1, -0.05) is 23.2 Å². The van der Waals surface area contributed by atoms with Crippen LogP contribution in [0.3, 0.4) is 0 Å². The summed E-state index contributed by atoms with van der Waals surface area (Å²) in [6.07, 6.45) is 0.0396. The minimum absolute atomic E-state index is 0.0396. The zero-order chi connectivity index (χ0) is 13.0. The molecule has 0 saturated heterocycles. The third-order valence-electron chi connectivity index (χ3n) is 2.03. The first-order chi connectivity index (χ1) is 7.88. The van der Waals surface area contributed by atoms with Crippen LogP contribution in [0.25, 0.3) is 0 Å². The van der Waals surface area contributed by atoms with Gasteiger partial charge in [-0.15, -0.1) is 0 Å². The third kappa shape index (κ3) is 4.63. The van der Waals surface area contributed by atoms with Crippen LogP contribution in [0.2, 0.25) is 10.0 Å². The number of carboxylic acid groups (broad SMARTS) is 1. The molecular formula is C11H11Cl2NO3. The molecule has 0 spiro atoms. The highest BCUT2D eigenvalue weighted by atomic mass is 35.5. The lowest BCUT2D eigenvalue weighted by Crippen LogP contribution is -2.39. The molecule has 4 nitrogen and oxygen atoms in total. The number of carbonyl (C=O) groups excluding carboxylic acids is 1. The topological polar surface area (TPSA) is 66.4 Å². The molecule has 0 heterocycles. The van der Waals surface area contributed by atoms with Crippen molar-refractivity contribution in [3.05, 3.63) is 33.8 Å². The van der Waals surface area contributed by atoms with Crippen LogP contribution < -0.4 is 5.32 Å². The van der Waals surface area contributed by atoms with Crippen molar-refractivity contribution in [3.63, 3.8) is 0 Å². The second-order valence-corrected chi connectivity index (χ2v) is 4.45. The summed E-state index contributed by atoms with van der Waals surface area (Å²) in [5, 5.41) is 11.8. The molecule has 1 rings (SSSR count). The van der Waals surface area contributed by atoms with Crippen molar-refractivity contribution in [3.8, 4) is 0 Å². The summed E-state index contributed by atoms with van der Waals surface area (Å²) < 4.78 is 0. The van der Waals surface area contributed by atoms with Gasteiger partial charge in [-0.3, -0.25) is 9.59 Å². The van der Waals surface area contributed by atoms with E-state index >= 15 is 0 Å². The molecule has 0 aliphatic heterocycles. The maximum atomic E-state index is 11.5. The maximum absolute atomic E-state index is 11.5. The Hall–Kier alpha value is -1.26. The second kappa shape index (κ2) is 5.89. The van der Waals surface area contributed by atoms with Crippen LogP contribution >= 0.6 is 23.2 Å². The van der Waals surface area contributed by atoms with Crippen molar-refractivity contribution in [1.29, 1.82) is 0 Å². The molecule has 0 bridgehead atoms. The summed E-state index contributed by atoms with van der Waals surface area (Å²) >= 11 is 11.6. The average molecular weight is 276 g/mol. The molecule has 92 valence electrons. The van der Waals surface area contributed by atoms with Gasteiger partial charge in [0.1, 0.15) is 6.04 Å². The molecule has 0 aliphatic rings. The Morgan fingerprint density at radius 3 is 2.29 bits per heavy atom. The normalized spacial score (nSPS) is 11.9. The van der Waals surface area contributed by atoms with Crippen molar-refractivity contribution in [1.82, 2.24) is 5.32 Å². The lowest BCUT2D eigenvalue weighted by Gasteiger charge is -2.09. The molecule has 0 unspecified atom stereocenters. The smallest absolute Gasteiger partial charge is 0.325 e. The SMILES string of the molecule is C[C@H](NC(=O)Cc1cc(Cl)cc(Cl)c1)C(=O)O. The molecule has 1 aromatic carbocycles. The van der Waals surface area contributed by atoms with Gasteiger partial charge >= 0.3 is 5.97 Å². The van der Waals surface area contributed by atoms with Crippen LogP contribution in [0.4, 0.5) is 0 Å². The Labute approximate surface area is 109 Å². The lowest BCUT2D eigenvalue weighted by atomic mass is 10.1. The van der Waals surface area contributed by atoms with Gasteiger partial charge in [-0.25, -0.2) is 0 Å². The summed E-state index contributed by atoms with van der Waals surface area (Å²) in [5.74, 6) is -1.47. The van der Waals surface area contributed by atoms with E-state index in [0.29, 0.717) is 15.6 Å². The Morgan fingerprint density at radius 1 is 1.29 bits per heavy atom. The van der Waals surface area contributed by atoms with Crippen molar-refractivity contribution in [2.45, 2.75) is 19.4 Å². The molecule has 0 radical (unpaired) electrons. The Bertz CT molecular complexity index is 428. The molecular weight excluding hydrogens is 265 g/mol. The fraction of sp³-hybridized carbons (Fsp3) is 0.273. The van der Waals surface area contributed by atoms with Gasteiger partial charge in [0.05, 0.1) is 6.42 Å². The molecule has 1 atom stereocenters. The van der Waals surface area contributed by atoms with E-state index in [1.807, 2.05) is 0 Å². The summed E-state index contributed by atoms with van der Waals surface area (Å²) in [4.78, 5) is 22.0. The monoisotopic (exact) mass is 275 g/mol. The van der Waals surface area contributed by atoms with Crippen molar-refractivity contribution < 1.29 is 14.7 Å². The van der Waals surface area contributed by atoms with Crippen LogP contribution in [0.1, 0.15) is 12.5 Å². The minimum atomic E-state index is -1.08. The fourth-order valence-corrected chi connectivity index (χ4v) is 1.82. The number of rotatable bonds is 4. The van der Waals surface area contributed by atoms with E-state index in [2.05, 4.69) is 5.32 Å².